The summed E-state index contributed by atoms with van der Waals surface area (Å²) in [6.07, 6.45) is 0.713. The van der Waals surface area contributed by atoms with Crippen LogP contribution in [-0.2, 0) is 16.0 Å². The van der Waals surface area contributed by atoms with Crippen LogP contribution in [0.3, 0.4) is 0 Å². The highest BCUT2D eigenvalue weighted by molar-refractivity contribution is 5.74. The number of hydrogen-bond acceptors (Lipinski definition) is 2. The molecule has 0 bridgehead atoms. The maximum atomic E-state index is 11.8. The lowest BCUT2D eigenvalue weighted by atomic mass is 10.0. The molecule has 0 amide bonds. The molecule has 0 aliphatic heterocycles. The summed E-state index contributed by atoms with van der Waals surface area (Å²) < 4.78 is 4.90. The van der Waals surface area contributed by atoms with Crippen LogP contribution in [-0.4, -0.2) is 25.2 Å². The molecule has 0 aliphatic rings. The Morgan fingerprint density at radius 2 is 1.83 bits per heavy atom. The van der Waals surface area contributed by atoms with Gasteiger partial charge in [-0.15, -0.1) is 0 Å². The summed E-state index contributed by atoms with van der Waals surface area (Å²) in [5, 5.41) is 2.11. The summed E-state index contributed by atoms with van der Waals surface area (Å²) in [7, 11) is 1.45. The van der Waals surface area contributed by atoms with Crippen molar-refractivity contribution in [1.29, 1.82) is 0 Å². The molecule has 2 atom stereocenters. The number of esters is 1. The molecule has 100 valence electrons. The first kappa shape index (κ1) is 14.7. The average molecular weight is 250 g/mol. The minimum Gasteiger partial charge on any atom is -0.465 e. The van der Waals surface area contributed by atoms with Gasteiger partial charge < -0.3 is 10.1 Å². The van der Waals surface area contributed by atoms with E-state index in [1.54, 1.807) is 0 Å². The topological polar surface area (TPSA) is 42.9 Å². The zero-order valence-corrected chi connectivity index (χ0v) is 11.7. The fourth-order valence-electron chi connectivity index (χ4n) is 1.84. The number of quaternary nitrogens is 1. The fourth-order valence-corrected chi connectivity index (χ4v) is 1.84. The van der Waals surface area contributed by atoms with E-state index in [-0.39, 0.29) is 12.0 Å². The smallest absolute Gasteiger partial charge is 0.364 e. The van der Waals surface area contributed by atoms with Gasteiger partial charge in [0.15, 0.2) is 6.04 Å². The van der Waals surface area contributed by atoms with Crippen molar-refractivity contribution in [3.05, 3.63) is 35.9 Å². The Kier molecular flexibility index (Phi) is 5.86. The number of methoxy groups -OCH3 is 1. The highest BCUT2D eigenvalue weighted by Crippen LogP contribution is 2.03. The van der Waals surface area contributed by atoms with Crippen LogP contribution in [0.1, 0.15) is 26.3 Å². The van der Waals surface area contributed by atoms with Gasteiger partial charge in [-0.2, -0.15) is 0 Å². The van der Waals surface area contributed by atoms with E-state index < -0.39 is 0 Å². The van der Waals surface area contributed by atoms with Crippen molar-refractivity contribution in [3.8, 4) is 0 Å². The van der Waals surface area contributed by atoms with E-state index in [0.29, 0.717) is 18.4 Å². The van der Waals surface area contributed by atoms with E-state index >= 15 is 0 Å². The van der Waals surface area contributed by atoms with Gasteiger partial charge in [0.1, 0.15) is 0 Å². The average Bonchev–Trinajstić information content (AvgIpc) is 2.38. The molecule has 2 N–H and O–H groups in total. The Labute approximate surface area is 110 Å². The molecule has 0 fully saturated rings. The summed E-state index contributed by atoms with van der Waals surface area (Å²) >= 11 is 0. The number of benzene rings is 1. The van der Waals surface area contributed by atoms with Crippen LogP contribution in [0.4, 0.5) is 0 Å². The molecule has 0 aliphatic carbocycles. The second-order valence-electron chi connectivity index (χ2n) is 5.11. The molecule has 3 heteroatoms. The lowest BCUT2D eigenvalue weighted by Gasteiger charge is -2.20. The highest BCUT2D eigenvalue weighted by Gasteiger charge is 2.26. The molecule has 0 saturated carbocycles. The maximum Gasteiger partial charge on any atom is 0.364 e. The molecule has 0 unspecified atom stereocenters. The van der Waals surface area contributed by atoms with Crippen LogP contribution < -0.4 is 5.32 Å². The van der Waals surface area contributed by atoms with E-state index in [2.05, 4.69) is 26.1 Å². The van der Waals surface area contributed by atoms with Gasteiger partial charge in [-0.3, -0.25) is 0 Å². The molecule has 0 spiro atoms. The van der Waals surface area contributed by atoms with Crippen LogP contribution in [0.2, 0.25) is 0 Å². The number of carbonyl (C=O) groups is 1. The van der Waals surface area contributed by atoms with Gasteiger partial charge in [0.05, 0.1) is 13.2 Å². The molecule has 18 heavy (non-hydrogen) atoms. The Hall–Kier alpha value is -1.35. The van der Waals surface area contributed by atoms with Gasteiger partial charge in [0.25, 0.3) is 0 Å². The van der Waals surface area contributed by atoms with Gasteiger partial charge in [-0.25, -0.2) is 4.79 Å². The van der Waals surface area contributed by atoms with Crippen LogP contribution in [0.5, 0.6) is 0 Å². The van der Waals surface area contributed by atoms with E-state index in [0.717, 1.165) is 0 Å². The third kappa shape index (κ3) is 4.49. The van der Waals surface area contributed by atoms with Crippen LogP contribution in [0, 0.1) is 5.92 Å². The number of hydrogen-bond donors (Lipinski definition) is 1. The molecule has 3 nitrogen and oxygen atoms in total. The largest absolute Gasteiger partial charge is 0.465 e. The van der Waals surface area contributed by atoms with Crippen molar-refractivity contribution in [2.24, 2.45) is 5.92 Å². The van der Waals surface area contributed by atoms with Gasteiger partial charge in [0, 0.05) is 12.3 Å². The number of rotatable bonds is 6. The summed E-state index contributed by atoms with van der Waals surface area (Å²) in [5.74, 6) is 0.388. The summed E-state index contributed by atoms with van der Waals surface area (Å²) in [6, 6.07) is 10.3. The number of ether oxygens (including phenoxy) is 1. The minimum absolute atomic E-state index is 0.147. The zero-order chi connectivity index (χ0) is 13.5. The summed E-state index contributed by atoms with van der Waals surface area (Å²) in [5.41, 5.74) is 1.17. The van der Waals surface area contributed by atoms with E-state index in [4.69, 9.17) is 4.74 Å². The molecule has 0 saturated heterocycles. The molecule has 1 aromatic rings. The summed E-state index contributed by atoms with van der Waals surface area (Å²) in [4.78, 5) is 11.8. The first-order valence-electron chi connectivity index (χ1n) is 6.51. The Bertz CT molecular complexity index is 362. The van der Waals surface area contributed by atoms with E-state index in [9.17, 15) is 4.79 Å². The molecule has 0 heterocycles. The van der Waals surface area contributed by atoms with Crippen molar-refractivity contribution in [2.75, 3.05) is 7.11 Å². The van der Waals surface area contributed by atoms with Crippen molar-refractivity contribution in [1.82, 2.24) is 0 Å². The van der Waals surface area contributed by atoms with E-state index in [1.165, 1.54) is 12.7 Å². The number of nitrogens with two attached hydrogens (primary N) is 1. The van der Waals surface area contributed by atoms with Crippen LogP contribution >= 0.6 is 0 Å². The molecule has 0 aromatic heterocycles. The zero-order valence-electron chi connectivity index (χ0n) is 11.7. The first-order valence-corrected chi connectivity index (χ1v) is 6.51. The Morgan fingerprint density at radius 3 is 2.33 bits per heavy atom. The second kappa shape index (κ2) is 7.17. The lowest BCUT2D eigenvalue weighted by Crippen LogP contribution is -2.97. The standard InChI is InChI=1S/C15H23NO2/c1-11(2)12(3)16-14(15(17)18-4)10-13-8-6-5-7-9-13/h5-9,11-12,14,16H,10H2,1-4H3/p+1/t12-,14-/m1/s1. The normalized spacial score (nSPS) is 14.3. The van der Waals surface area contributed by atoms with Gasteiger partial charge >= 0.3 is 5.97 Å². The molecule has 0 radical (unpaired) electrons. The van der Waals surface area contributed by atoms with Gasteiger partial charge in [-0.05, 0) is 12.5 Å². The van der Waals surface area contributed by atoms with Gasteiger partial charge in [-0.1, -0.05) is 44.2 Å². The predicted molar refractivity (Wildman–Crippen MR) is 72.2 cm³/mol. The maximum absolute atomic E-state index is 11.8. The first-order chi connectivity index (χ1) is 8.54. The fraction of sp³-hybridized carbons (Fsp3) is 0.533. The third-order valence-electron chi connectivity index (χ3n) is 3.39. The molecule has 1 aromatic carbocycles. The third-order valence-corrected chi connectivity index (χ3v) is 3.39. The molecular weight excluding hydrogens is 226 g/mol. The van der Waals surface area contributed by atoms with Crippen molar-refractivity contribution in [3.63, 3.8) is 0 Å². The minimum atomic E-state index is -0.158. The Morgan fingerprint density at radius 1 is 1.22 bits per heavy atom. The number of carbonyl (C=O) groups excluding carboxylic acids is 1. The predicted octanol–water partition coefficient (Wildman–Crippen LogP) is 1.38. The Balaban J connectivity index is 2.70. The quantitative estimate of drug-likeness (QED) is 0.775. The lowest BCUT2D eigenvalue weighted by molar-refractivity contribution is -0.713. The van der Waals surface area contributed by atoms with Crippen LogP contribution in [0.25, 0.3) is 0 Å². The van der Waals surface area contributed by atoms with Crippen molar-refractivity contribution < 1.29 is 14.8 Å². The summed E-state index contributed by atoms with van der Waals surface area (Å²) in [6.45, 7) is 6.47. The van der Waals surface area contributed by atoms with Gasteiger partial charge in [0.2, 0.25) is 0 Å². The molecule has 1 rings (SSSR count). The van der Waals surface area contributed by atoms with Crippen LogP contribution in [0.15, 0.2) is 30.3 Å². The van der Waals surface area contributed by atoms with E-state index in [1.807, 2.05) is 30.3 Å². The SMILES string of the molecule is COC(=O)[C@@H](Cc1ccccc1)[NH2+][C@H](C)C(C)C. The second-order valence-corrected chi connectivity index (χ2v) is 5.11. The van der Waals surface area contributed by atoms with Crippen molar-refractivity contribution >= 4 is 5.97 Å². The van der Waals surface area contributed by atoms with Crippen molar-refractivity contribution in [2.45, 2.75) is 39.3 Å². The monoisotopic (exact) mass is 250 g/mol. The highest BCUT2D eigenvalue weighted by atomic mass is 16.5. The molecular formula is C15H24NO2+.